The van der Waals surface area contributed by atoms with Crippen LogP contribution in [0, 0.1) is 16.7 Å². The fraction of sp³-hybridized carbons (Fsp3) is 0.857. The first-order chi connectivity index (χ1) is 8.69. The zero-order valence-electron chi connectivity index (χ0n) is 12.3. The smallest absolute Gasteiger partial charge is 0.311 e. The average molecular weight is 271 g/mol. The Morgan fingerprint density at radius 2 is 1.84 bits per heavy atom. The number of carboxylic acid groups (broad SMARTS) is 1. The van der Waals surface area contributed by atoms with Gasteiger partial charge in [0.25, 0.3) is 0 Å². The molecule has 0 aromatic rings. The van der Waals surface area contributed by atoms with E-state index < -0.39 is 11.4 Å². The van der Waals surface area contributed by atoms with Gasteiger partial charge in [0.1, 0.15) is 0 Å². The summed E-state index contributed by atoms with van der Waals surface area (Å²) in [6.45, 7) is 8.93. The summed E-state index contributed by atoms with van der Waals surface area (Å²) >= 11 is 0. The van der Waals surface area contributed by atoms with Crippen molar-refractivity contribution in [3.63, 3.8) is 0 Å². The largest absolute Gasteiger partial charge is 0.481 e. The quantitative estimate of drug-likeness (QED) is 0.815. The minimum atomic E-state index is -0.870. The maximum atomic E-state index is 12.1. The molecule has 1 unspecified atom stereocenters. The number of carboxylic acids is 1. The summed E-state index contributed by atoms with van der Waals surface area (Å²) in [5, 5.41) is 12.2. The Hall–Kier alpha value is -1.10. The Kier molecular flexibility index (Phi) is 4.96. The maximum absolute atomic E-state index is 12.1. The summed E-state index contributed by atoms with van der Waals surface area (Å²) in [7, 11) is 0. The van der Waals surface area contributed by atoms with E-state index >= 15 is 0 Å². The van der Waals surface area contributed by atoms with Crippen molar-refractivity contribution in [3.05, 3.63) is 0 Å². The number of ether oxygens (including phenoxy) is 1. The molecule has 2 N–H and O–H groups in total. The highest BCUT2D eigenvalue weighted by molar-refractivity contribution is 5.81. The van der Waals surface area contributed by atoms with Gasteiger partial charge in [-0.25, -0.2) is 0 Å². The third kappa shape index (κ3) is 3.93. The van der Waals surface area contributed by atoms with Gasteiger partial charge in [-0.15, -0.1) is 0 Å². The molecule has 0 radical (unpaired) electrons. The van der Waals surface area contributed by atoms with E-state index in [1.165, 1.54) is 0 Å². The SMILES string of the molecule is CC(C(=O)NCC1(C(=O)O)CCOCC1)C(C)(C)C. The normalized spacial score (nSPS) is 20.6. The maximum Gasteiger partial charge on any atom is 0.311 e. The molecule has 0 aromatic heterocycles. The second-order valence-electron chi connectivity index (χ2n) is 6.50. The third-order valence-corrected chi connectivity index (χ3v) is 4.20. The summed E-state index contributed by atoms with van der Waals surface area (Å²) in [4.78, 5) is 23.5. The standard InChI is InChI=1S/C14H25NO4/c1-10(13(2,3)4)11(16)15-9-14(12(17)18)5-7-19-8-6-14/h10H,5-9H2,1-4H3,(H,15,16)(H,17,18). The van der Waals surface area contributed by atoms with Gasteiger partial charge in [0, 0.05) is 25.7 Å². The predicted molar refractivity (Wildman–Crippen MR) is 71.8 cm³/mol. The van der Waals surface area contributed by atoms with Crippen LogP contribution in [-0.4, -0.2) is 36.7 Å². The van der Waals surface area contributed by atoms with Crippen LogP contribution in [0.25, 0.3) is 0 Å². The van der Waals surface area contributed by atoms with E-state index in [1.54, 1.807) is 0 Å². The number of amides is 1. The van der Waals surface area contributed by atoms with Crippen LogP contribution in [0.15, 0.2) is 0 Å². The summed E-state index contributed by atoms with van der Waals surface area (Å²) in [6, 6.07) is 0. The van der Waals surface area contributed by atoms with Crippen molar-refractivity contribution < 1.29 is 19.4 Å². The second-order valence-corrected chi connectivity index (χ2v) is 6.50. The Labute approximate surface area is 114 Å². The molecule has 0 aromatic carbocycles. The molecule has 5 heteroatoms. The Morgan fingerprint density at radius 3 is 2.26 bits per heavy atom. The van der Waals surface area contributed by atoms with Crippen molar-refractivity contribution in [1.29, 1.82) is 0 Å². The van der Waals surface area contributed by atoms with Crippen LogP contribution in [0.3, 0.4) is 0 Å². The Morgan fingerprint density at radius 1 is 1.32 bits per heavy atom. The molecular formula is C14H25NO4. The summed E-state index contributed by atoms with van der Waals surface area (Å²) in [6.07, 6.45) is 0.902. The molecule has 1 aliphatic rings. The van der Waals surface area contributed by atoms with Crippen molar-refractivity contribution >= 4 is 11.9 Å². The molecule has 1 fully saturated rings. The molecule has 1 rings (SSSR count). The van der Waals surface area contributed by atoms with Gasteiger partial charge in [0.05, 0.1) is 5.41 Å². The van der Waals surface area contributed by atoms with Gasteiger partial charge in [-0.05, 0) is 18.3 Å². The molecule has 19 heavy (non-hydrogen) atoms. The first-order valence-corrected chi connectivity index (χ1v) is 6.78. The van der Waals surface area contributed by atoms with Gasteiger partial charge in [0.15, 0.2) is 0 Å². The zero-order valence-corrected chi connectivity index (χ0v) is 12.3. The lowest BCUT2D eigenvalue weighted by Crippen LogP contribution is -2.48. The van der Waals surface area contributed by atoms with Crippen molar-refractivity contribution in [1.82, 2.24) is 5.32 Å². The van der Waals surface area contributed by atoms with E-state index in [1.807, 2.05) is 27.7 Å². The molecular weight excluding hydrogens is 246 g/mol. The monoisotopic (exact) mass is 271 g/mol. The van der Waals surface area contributed by atoms with Crippen LogP contribution in [0.1, 0.15) is 40.5 Å². The van der Waals surface area contributed by atoms with Crippen LogP contribution in [0.5, 0.6) is 0 Å². The van der Waals surface area contributed by atoms with Crippen molar-refractivity contribution in [2.24, 2.45) is 16.7 Å². The topological polar surface area (TPSA) is 75.6 Å². The van der Waals surface area contributed by atoms with Crippen LogP contribution in [-0.2, 0) is 14.3 Å². The molecule has 0 spiro atoms. The van der Waals surface area contributed by atoms with E-state index in [0.717, 1.165) is 0 Å². The summed E-state index contributed by atoms with van der Waals surface area (Å²) in [5.74, 6) is -1.09. The van der Waals surface area contributed by atoms with Gasteiger partial charge >= 0.3 is 5.97 Å². The lowest BCUT2D eigenvalue weighted by atomic mass is 9.79. The first-order valence-electron chi connectivity index (χ1n) is 6.78. The lowest BCUT2D eigenvalue weighted by molar-refractivity contribution is -0.154. The van der Waals surface area contributed by atoms with E-state index in [9.17, 15) is 14.7 Å². The average Bonchev–Trinajstić information content (AvgIpc) is 2.34. The molecule has 5 nitrogen and oxygen atoms in total. The van der Waals surface area contributed by atoms with E-state index in [2.05, 4.69) is 5.32 Å². The van der Waals surface area contributed by atoms with Gasteiger partial charge in [-0.3, -0.25) is 9.59 Å². The van der Waals surface area contributed by atoms with E-state index in [-0.39, 0.29) is 23.8 Å². The third-order valence-electron chi connectivity index (χ3n) is 4.20. The first kappa shape index (κ1) is 16.0. The number of nitrogens with one attached hydrogen (secondary N) is 1. The van der Waals surface area contributed by atoms with Crippen LogP contribution >= 0.6 is 0 Å². The fourth-order valence-corrected chi connectivity index (χ4v) is 2.03. The van der Waals surface area contributed by atoms with Crippen LogP contribution in [0.2, 0.25) is 0 Å². The predicted octanol–water partition coefficient (Wildman–Crippen LogP) is 1.67. The summed E-state index contributed by atoms with van der Waals surface area (Å²) < 4.78 is 5.21. The molecule has 1 saturated heterocycles. The van der Waals surface area contributed by atoms with Gasteiger partial charge < -0.3 is 15.2 Å². The van der Waals surface area contributed by atoms with E-state index in [0.29, 0.717) is 26.1 Å². The van der Waals surface area contributed by atoms with Crippen molar-refractivity contribution in [3.8, 4) is 0 Å². The van der Waals surface area contributed by atoms with Gasteiger partial charge in [0.2, 0.25) is 5.91 Å². The number of carbonyl (C=O) groups excluding carboxylic acids is 1. The molecule has 110 valence electrons. The molecule has 1 aliphatic heterocycles. The van der Waals surface area contributed by atoms with E-state index in [4.69, 9.17) is 4.74 Å². The Balaban J connectivity index is 2.63. The van der Waals surface area contributed by atoms with Crippen LogP contribution in [0.4, 0.5) is 0 Å². The number of hydrogen-bond donors (Lipinski definition) is 2. The van der Waals surface area contributed by atoms with Crippen molar-refractivity contribution in [2.45, 2.75) is 40.5 Å². The fourth-order valence-electron chi connectivity index (χ4n) is 2.03. The minimum Gasteiger partial charge on any atom is -0.481 e. The molecule has 1 heterocycles. The molecule has 0 saturated carbocycles. The number of aliphatic carboxylic acids is 1. The number of hydrogen-bond acceptors (Lipinski definition) is 3. The summed E-state index contributed by atoms with van der Waals surface area (Å²) in [5.41, 5.74) is -0.998. The zero-order chi connectivity index (χ0) is 14.7. The molecule has 1 amide bonds. The Bertz CT molecular complexity index is 340. The van der Waals surface area contributed by atoms with Crippen LogP contribution < -0.4 is 5.32 Å². The molecule has 1 atom stereocenters. The lowest BCUT2D eigenvalue weighted by Gasteiger charge is -2.34. The number of rotatable bonds is 4. The second kappa shape index (κ2) is 5.90. The highest BCUT2D eigenvalue weighted by Crippen LogP contribution is 2.31. The van der Waals surface area contributed by atoms with Gasteiger partial charge in [-0.2, -0.15) is 0 Å². The minimum absolute atomic E-state index is 0.0837. The highest BCUT2D eigenvalue weighted by Gasteiger charge is 2.41. The van der Waals surface area contributed by atoms with Crippen molar-refractivity contribution in [2.75, 3.05) is 19.8 Å². The molecule has 0 bridgehead atoms. The van der Waals surface area contributed by atoms with Gasteiger partial charge in [-0.1, -0.05) is 27.7 Å². The molecule has 0 aliphatic carbocycles. The number of carbonyl (C=O) groups is 2. The highest BCUT2D eigenvalue weighted by atomic mass is 16.5.